The molecular weight excluding hydrogens is 670 g/mol. The topological polar surface area (TPSA) is 125 Å². The number of nitrogens with one attached hydrogen (secondary N) is 1. The second-order valence-electron chi connectivity index (χ2n) is 14.1. The van der Waals surface area contributed by atoms with Crippen LogP contribution in [0.2, 0.25) is 0 Å². The van der Waals surface area contributed by atoms with Crippen LogP contribution in [0.3, 0.4) is 0 Å². The van der Waals surface area contributed by atoms with Crippen LogP contribution in [0.1, 0.15) is 30.1 Å². The van der Waals surface area contributed by atoms with Crippen LogP contribution in [0.5, 0.6) is 0 Å². The largest absolute Gasteiger partial charge is 0.455 e. The molecule has 0 radical (unpaired) electrons. The van der Waals surface area contributed by atoms with Crippen molar-refractivity contribution in [2.24, 2.45) is 11.8 Å². The van der Waals surface area contributed by atoms with Crippen molar-refractivity contribution in [1.29, 1.82) is 0 Å². The molecule has 4 aromatic carbocycles. The second-order valence-corrected chi connectivity index (χ2v) is 14.1. The number of nitrogens with zero attached hydrogens (tertiary/aromatic N) is 2. The summed E-state index contributed by atoms with van der Waals surface area (Å²) in [7, 11) is 0. The summed E-state index contributed by atoms with van der Waals surface area (Å²) in [5.74, 6) is -3.94. The number of hydrogen-bond donors (Lipinski definition) is 2. The van der Waals surface area contributed by atoms with Gasteiger partial charge in [-0.25, -0.2) is 0 Å². The minimum atomic E-state index is -1.56. The van der Waals surface area contributed by atoms with Crippen molar-refractivity contribution in [3.8, 4) is 0 Å². The predicted molar refractivity (Wildman–Crippen MR) is 198 cm³/mol. The van der Waals surface area contributed by atoms with Gasteiger partial charge in [-0.15, -0.1) is 0 Å². The lowest BCUT2D eigenvalue weighted by Gasteiger charge is -2.38. The highest BCUT2D eigenvalue weighted by Crippen LogP contribution is 2.54. The lowest BCUT2D eigenvalue weighted by Crippen LogP contribution is -2.58. The molecule has 8 rings (SSSR count). The van der Waals surface area contributed by atoms with Gasteiger partial charge < -0.3 is 29.7 Å². The lowest BCUT2D eigenvalue weighted by atomic mass is 9.77. The van der Waals surface area contributed by atoms with Crippen LogP contribution >= 0.6 is 0 Å². The van der Waals surface area contributed by atoms with Crippen molar-refractivity contribution in [3.05, 3.63) is 139 Å². The molecule has 0 saturated carbocycles. The van der Waals surface area contributed by atoms with Gasteiger partial charge in [0.1, 0.15) is 23.7 Å². The molecule has 0 bridgehead atoms. The van der Waals surface area contributed by atoms with Crippen LogP contribution in [-0.2, 0) is 35.1 Å². The van der Waals surface area contributed by atoms with E-state index in [0.29, 0.717) is 17.7 Å². The Morgan fingerprint density at radius 3 is 2.36 bits per heavy atom. The Hall–Kier alpha value is -5.58. The summed E-state index contributed by atoms with van der Waals surface area (Å²) < 4.78 is 13.1. The molecule has 0 unspecified atom stereocenters. The number of allylic oxidation sites excluding steroid dienone is 1. The Kier molecular flexibility index (Phi) is 9.40. The highest BCUT2D eigenvalue weighted by molar-refractivity contribution is 6.06. The van der Waals surface area contributed by atoms with Gasteiger partial charge in [0.15, 0.2) is 0 Å². The summed E-state index contributed by atoms with van der Waals surface area (Å²) in [6.07, 6.45) is 6.25. The van der Waals surface area contributed by atoms with Gasteiger partial charge in [-0.2, -0.15) is 0 Å². The van der Waals surface area contributed by atoms with E-state index >= 15 is 9.59 Å². The van der Waals surface area contributed by atoms with Gasteiger partial charge in [-0.1, -0.05) is 115 Å². The minimum Gasteiger partial charge on any atom is -0.455 e. The smallest absolute Gasteiger partial charge is 0.313 e. The molecule has 7 atom stereocenters. The van der Waals surface area contributed by atoms with Crippen molar-refractivity contribution in [2.75, 3.05) is 24.6 Å². The molecule has 0 aliphatic carbocycles. The van der Waals surface area contributed by atoms with E-state index in [1.54, 1.807) is 23.1 Å². The van der Waals surface area contributed by atoms with Crippen LogP contribution < -0.4 is 10.2 Å². The monoisotopic (exact) mass is 711 g/mol. The zero-order valence-electron chi connectivity index (χ0n) is 29.1. The zero-order valence-corrected chi connectivity index (χ0v) is 29.1. The van der Waals surface area contributed by atoms with Gasteiger partial charge in [-0.3, -0.25) is 19.2 Å². The van der Waals surface area contributed by atoms with E-state index in [0.717, 1.165) is 16.3 Å². The fraction of sp³-hybridized carbons (Fsp3) is 0.302. The predicted octanol–water partition coefficient (Wildman–Crippen LogP) is 4.68. The van der Waals surface area contributed by atoms with E-state index in [1.165, 1.54) is 4.90 Å². The molecule has 0 aromatic heterocycles. The van der Waals surface area contributed by atoms with E-state index in [4.69, 9.17) is 9.47 Å². The first-order valence-electron chi connectivity index (χ1n) is 18.2. The molecule has 53 heavy (non-hydrogen) atoms. The molecule has 10 nitrogen and oxygen atoms in total. The lowest BCUT2D eigenvalue weighted by molar-refractivity contribution is -0.160. The Labute approximate surface area is 307 Å². The molecule has 2 saturated heterocycles. The van der Waals surface area contributed by atoms with Crippen LogP contribution in [-0.4, -0.2) is 77.2 Å². The Bertz CT molecular complexity index is 2090. The number of carbonyl (C=O) groups is 4. The third-order valence-corrected chi connectivity index (χ3v) is 10.9. The molecule has 10 heteroatoms. The number of cyclic esters (lactones) is 1. The zero-order chi connectivity index (χ0) is 36.5. The maximum atomic E-state index is 15.2. The average molecular weight is 712 g/mol. The van der Waals surface area contributed by atoms with Gasteiger partial charge in [-0.05, 0) is 46.9 Å². The van der Waals surface area contributed by atoms with Gasteiger partial charge in [0, 0.05) is 18.7 Å². The third-order valence-electron chi connectivity index (χ3n) is 10.9. The van der Waals surface area contributed by atoms with Crippen LogP contribution in [0.25, 0.3) is 10.8 Å². The van der Waals surface area contributed by atoms with Gasteiger partial charge in [0.25, 0.3) is 5.91 Å². The molecular formula is C43H41N3O7. The van der Waals surface area contributed by atoms with E-state index < -0.39 is 60.2 Å². The fourth-order valence-corrected chi connectivity index (χ4v) is 8.45. The second kappa shape index (κ2) is 14.4. The first-order chi connectivity index (χ1) is 25.9. The average Bonchev–Trinajstić information content (AvgIpc) is 3.58. The summed E-state index contributed by atoms with van der Waals surface area (Å²) >= 11 is 0. The minimum absolute atomic E-state index is 0.0534. The number of amides is 3. The van der Waals surface area contributed by atoms with Crippen molar-refractivity contribution in [3.63, 3.8) is 0 Å². The van der Waals surface area contributed by atoms with E-state index in [-0.39, 0.29) is 37.7 Å². The fourth-order valence-electron chi connectivity index (χ4n) is 8.45. The number of anilines is 1. The Balaban J connectivity index is 1.23. The maximum absolute atomic E-state index is 15.2. The number of fused-ring (bicyclic) bond motifs is 3. The Morgan fingerprint density at radius 1 is 0.849 bits per heavy atom. The molecule has 1 spiro atoms. The molecule has 3 amide bonds. The molecule has 2 N–H and O–H groups in total. The first kappa shape index (κ1) is 34.5. The molecule has 4 aliphatic heterocycles. The molecule has 4 heterocycles. The summed E-state index contributed by atoms with van der Waals surface area (Å²) in [4.78, 5) is 60.7. The summed E-state index contributed by atoms with van der Waals surface area (Å²) in [6, 6.07) is 30.3. The van der Waals surface area contributed by atoms with Gasteiger partial charge in [0.05, 0.1) is 31.2 Å². The SMILES string of the molecule is O=C1CC/C=C\[C@H]2O[C@]34C=CCN(c5ccc6ccccc6c5)C(=O)[C@H]3N([C@@H](CO)Cc3ccccc3)C(=O)[C@@H]4[C@H]2C(=O)O[C@H](c2ccccc2)CN1. The van der Waals surface area contributed by atoms with Crippen molar-refractivity contribution >= 4 is 40.2 Å². The van der Waals surface area contributed by atoms with Crippen molar-refractivity contribution in [1.82, 2.24) is 10.2 Å². The van der Waals surface area contributed by atoms with Gasteiger partial charge in [0.2, 0.25) is 11.8 Å². The van der Waals surface area contributed by atoms with Crippen molar-refractivity contribution < 1.29 is 33.8 Å². The summed E-state index contributed by atoms with van der Waals surface area (Å²) in [5, 5.41) is 15.8. The highest BCUT2D eigenvalue weighted by atomic mass is 16.6. The maximum Gasteiger partial charge on any atom is 0.313 e. The number of hydrogen-bond acceptors (Lipinski definition) is 7. The number of aliphatic hydroxyl groups is 1. The van der Waals surface area contributed by atoms with Crippen LogP contribution in [0, 0.1) is 11.8 Å². The van der Waals surface area contributed by atoms with E-state index in [9.17, 15) is 14.7 Å². The first-order valence-corrected chi connectivity index (χ1v) is 18.2. The van der Waals surface area contributed by atoms with E-state index in [2.05, 4.69) is 5.32 Å². The summed E-state index contributed by atoms with van der Waals surface area (Å²) in [5.41, 5.74) is 0.670. The molecule has 2 fully saturated rings. The number of carbonyl (C=O) groups excluding carboxylic acids is 4. The van der Waals surface area contributed by atoms with E-state index in [1.807, 2.05) is 109 Å². The number of benzene rings is 4. The number of rotatable bonds is 6. The number of esters is 1. The number of aliphatic hydroxyl groups excluding tert-OH is 1. The van der Waals surface area contributed by atoms with Crippen LogP contribution in [0.4, 0.5) is 5.69 Å². The molecule has 4 aliphatic rings. The highest BCUT2D eigenvalue weighted by Gasteiger charge is 2.72. The number of likely N-dealkylation sites (tertiary alicyclic amines) is 1. The molecule has 4 aromatic rings. The standard InChI is InChI=1S/C43H41N3O7/c47-27-33(24-28-12-3-1-4-13-28)46-39-41(50)45(32-21-20-29-14-7-8-17-31(29)25-32)23-11-22-43(39)38(40(46)49)37-34(53-43)18-9-10-19-36(48)44-26-35(52-42(37)51)30-15-5-2-6-16-30/h1-9,11-18,20-22,25,33-35,37-39,47H,10,19,23-24,26-27H2,(H,44,48)/b18-9-/t33-,34-,35+,37+,38+,39-,43+/m1/s1. The molecule has 270 valence electrons. The normalized spacial score (nSPS) is 28.5. The summed E-state index contributed by atoms with van der Waals surface area (Å²) in [6.45, 7) is -0.158. The third kappa shape index (κ3) is 6.32. The Morgan fingerprint density at radius 2 is 1.58 bits per heavy atom. The number of ether oxygens (including phenoxy) is 2. The van der Waals surface area contributed by atoms with Crippen LogP contribution in [0.15, 0.2) is 127 Å². The quantitative estimate of drug-likeness (QED) is 0.220. The van der Waals surface area contributed by atoms with Gasteiger partial charge >= 0.3 is 5.97 Å². The van der Waals surface area contributed by atoms with Crippen molar-refractivity contribution in [2.45, 2.75) is 49.2 Å².